The number of hydrogen-bond acceptors (Lipinski definition) is 5. The first-order chi connectivity index (χ1) is 8.64. The van der Waals surface area contributed by atoms with Crippen LogP contribution in [-0.4, -0.2) is 28.3 Å². The first-order valence-corrected chi connectivity index (χ1v) is 6.62. The van der Waals surface area contributed by atoms with Crippen molar-refractivity contribution >= 4 is 18.5 Å². The molecule has 1 fully saturated rings. The number of nitrogen functional groups attached to an aromatic ring is 1. The van der Waals surface area contributed by atoms with Gasteiger partial charge in [-0.2, -0.15) is 0 Å². The topological polar surface area (TPSA) is 70.3 Å². The van der Waals surface area contributed by atoms with Crippen molar-refractivity contribution in [2.45, 2.75) is 58.7 Å². The predicted octanol–water partition coefficient (Wildman–Crippen LogP) is 1.48. The Hall–Kier alpha value is -1.14. The van der Waals surface area contributed by atoms with Crippen LogP contribution < -0.4 is 11.2 Å². The molecular weight excluding hydrogens is 241 g/mol. The fourth-order valence-electron chi connectivity index (χ4n) is 2.03. The van der Waals surface area contributed by atoms with Gasteiger partial charge in [-0.25, -0.2) is 9.97 Å². The van der Waals surface area contributed by atoms with Gasteiger partial charge in [-0.3, -0.25) is 0 Å². The third-order valence-electron chi connectivity index (χ3n) is 3.92. The quantitative estimate of drug-likeness (QED) is 0.818. The van der Waals surface area contributed by atoms with Crippen LogP contribution in [0.4, 0.5) is 5.95 Å². The fraction of sp³-hybridized carbons (Fsp3) is 0.692. The van der Waals surface area contributed by atoms with Gasteiger partial charge in [-0.15, -0.1) is 0 Å². The largest absolute Gasteiger partial charge is 0.498 e. The second kappa shape index (κ2) is 4.46. The minimum Gasteiger partial charge on any atom is -0.399 e. The molecule has 1 saturated heterocycles. The summed E-state index contributed by atoms with van der Waals surface area (Å²) in [6.45, 7) is 12.2. The van der Waals surface area contributed by atoms with Crippen LogP contribution in [-0.2, 0) is 9.31 Å². The zero-order chi connectivity index (χ0) is 14.4. The van der Waals surface area contributed by atoms with E-state index in [9.17, 15) is 0 Å². The van der Waals surface area contributed by atoms with Gasteiger partial charge in [0.05, 0.1) is 11.2 Å². The summed E-state index contributed by atoms with van der Waals surface area (Å²) in [5.74, 6) is 0.517. The molecule has 6 heteroatoms. The van der Waals surface area contributed by atoms with Gasteiger partial charge in [0.25, 0.3) is 0 Å². The summed E-state index contributed by atoms with van der Waals surface area (Å²) in [6, 6.07) is 0. The number of hydrogen-bond donors (Lipinski definition) is 1. The van der Waals surface area contributed by atoms with Crippen LogP contribution in [0.3, 0.4) is 0 Å². The van der Waals surface area contributed by atoms with E-state index in [0.717, 1.165) is 11.2 Å². The summed E-state index contributed by atoms with van der Waals surface area (Å²) >= 11 is 0. The summed E-state index contributed by atoms with van der Waals surface area (Å²) in [7, 11) is -0.442. The van der Waals surface area contributed by atoms with Crippen LogP contribution in [0.15, 0.2) is 6.20 Å². The van der Waals surface area contributed by atoms with E-state index in [1.54, 1.807) is 6.20 Å². The lowest BCUT2D eigenvalue weighted by Gasteiger charge is -2.32. The molecule has 0 bridgehead atoms. The van der Waals surface area contributed by atoms with Crippen molar-refractivity contribution < 1.29 is 9.31 Å². The van der Waals surface area contributed by atoms with Gasteiger partial charge in [-0.1, -0.05) is 13.8 Å². The maximum absolute atomic E-state index is 6.04. The minimum atomic E-state index is -0.442. The molecule has 2 N–H and O–H groups in total. The Morgan fingerprint density at radius 2 is 1.68 bits per heavy atom. The number of rotatable bonds is 2. The normalized spacial score (nSPS) is 21.1. The highest BCUT2D eigenvalue weighted by atomic mass is 16.7. The van der Waals surface area contributed by atoms with Crippen molar-refractivity contribution in [2.24, 2.45) is 0 Å². The molecule has 104 valence electrons. The molecule has 1 aliphatic rings. The molecule has 1 aliphatic heterocycles. The van der Waals surface area contributed by atoms with E-state index in [4.69, 9.17) is 15.0 Å². The van der Waals surface area contributed by atoms with E-state index < -0.39 is 7.12 Å². The van der Waals surface area contributed by atoms with Crippen LogP contribution in [0.5, 0.6) is 0 Å². The highest BCUT2D eigenvalue weighted by molar-refractivity contribution is 6.62. The van der Waals surface area contributed by atoms with Crippen molar-refractivity contribution in [3.8, 4) is 0 Å². The third-order valence-corrected chi connectivity index (χ3v) is 3.92. The number of aromatic nitrogens is 2. The lowest BCUT2D eigenvalue weighted by atomic mass is 9.76. The lowest BCUT2D eigenvalue weighted by Crippen LogP contribution is -2.41. The highest BCUT2D eigenvalue weighted by Crippen LogP contribution is 2.36. The SMILES string of the molecule is CC(C)c1nc(N)ncc1B1OC(C)(C)C(C)(C)O1. The maximum Gasteiger partial charge on any atom is 0.498 e. The van der Waals surface area contributed by atoms with E-state index in [1.807, 2.05) is 27.7 Å². The second-order valence-electron chi connectivity index (χ2n) is 6.31. The minimum absolute atomic E-state index is 0.235. The van der Waals surface area contributed by atoms with Gasteiger partial charge in [0.1, 0.15) is 0 Å². The Bertz CT molecular complexity index is 473. The standard InChI is InChI=1S/C13H22BN3O2/c1-8(2)10-9(7-16-11(15)17-10)14-18-12(3,4)13(5,6)19-14/h7-8H,1-6H3,(H2,15,16,17). The monoisotopic (exact) mass is 263 g/mol. The number of anilines is 1. The van der Waals surface area contributed by atoms with Gasteiger partial charge in [0.15, 0.2) is 0 Å². The highest BCUT2D eigenvalue weighted by Gasteiger charge is 2.52. The molecule has 0 amide bonds. The van der Waals surface area contributed by atoms with E-state index in [0.29, 0.717) is 0 Å². The van der Waals surface area contributed by atoms with Gasteiger partial charge in [0, 0.05) is 17.4 Å². The van der Waals surface area contributed by atoms with Crippen LogP contribution in [0.2, 0.25) is 0 Å². The molecule has 0 atom stereocenters. The molecule has 0 aromatic carbocycles. The molecule has 1 aromatic rings. The Balaban J connectivity index is 2.39. The summed E-state index contributed by atoms with van der Waals surface area (Å²) in [4.78, 5) is 8.39. The average Bonchev–Trinajstić information content (AvgIpc) is 2.47. The van der Waals surface area contributed by atoms with E-state index in [2.05, 4.69) is 23.8 Å². The van der Waals surface area contributed by atoms with Crippen molar-refractivity contribution in [3.05, 3.63) is 11.9 Å². The van der Waals surface area contributed by atoms with Gasteiger partial charge < -0.3 is 15.0 Å². The first-order valence-electron chi connectivity index (χ1n) is 6.62. The van der Waals surface area contributed by atoms with Crippen LogP contribution in [0.25, 0.3) is 0 Å². The van der Waals surface area contributed by atoms with Crippen molar-refractivity contribution in [3.63, 3.8) is 0 Å². The molecule has 19 heavy (non-hydrogen) atoms. The fourth-order valence-corrected chi connectivity index (χ4v) is 2.03. The number of nitrogens with zero attached hydrogens (tertiary/aromatic N) is 2. The average molecular weight is 263 g/mol. The Morgan fingerprint density at radius 1 is 1.16 bits per heavy atom. The van der Waals surface area contributed by atoms with E-state index in [-0.39, 0.29) is 23.1 Å². The summed E-state index contributed by atoms with van der Waals surface area (Å²) in [5, 5.41) is 0. The van der Waals surface area contributed by atoms with Crippen LogP contribution >= 0.6 is 0 Å². The van der Waals surface area contributed by atoms with Crippen LogP contribution in [0.1, 0.15) is 53.2 Å². The van der Waals surface area contributed by atoms with Crippen molar-refractivity contribution in [1.82, 2.24) is 9.97 Å². The predicted molar refractivity (Wildman–Crippen MR) is 76.2 cm³/mol. The van der Waals surface area contributed by atoms with Gasteiger partial charge in [0.2, 0.25) is 5.95 Å². The van der Waals surface area contributed by atoms with E-state index in [1.165, 1.54) is 0 Å². The molecule has 0 unspecified atom stereocenters. The Kier molecular flexibility index (Phi) is 3.35. The smallest absolute Gasteiger partial charge is 0.399 e. The molecule has 2 heterocycles. The number of nitrogens with two attached hydrogens (primary N) is 1. The first kappa shape index (κ1) is 14.3. The summed E-state index contributed by atoms with van der Waals surface area (Å²) in [6.07, 6.45) is 1.71. The molecule has 0 radical (unpaired) electrons. The molecule has 0 aliphatic carbocycles. The maximum atomic E-state index is 6.04. The van der Waals surface area contributed by atoms with Gasteiger partial charge in [-0.05, 0) is 33.6 Å². The van der Waals surface area contributed by atoms with Crippen LogP contribution in [0, 0.1) is 0 Å². The van der Waals surface area contributed by atoms with Gasteiger partial charge >= 0.3 is 7.12 Å². The molecule has 0 spiro atoms. The van der Waals surface area contributed by atoms with Crippen molar-refractivity contribution in [2.75, 3.05) is 5.73 Å². The molecule has 1 aromatic heterocycles. The van der Waals surface area contributed by atoms with E-state index >= 15 is 0 Å². The molecule has 2 rings (SSSR count). The zero-order valence-corrected chi connectivity index (χ0v) is 12.5. The third kappa shape index (κ3) is 2.47. The van der Waals surface area contributed by atoms with Crippen molar-refractivity contribution in [1.29, 1.82) is 0 Å². The molecule has 5 nitrogen and oxygen atoms in total. The Morgan fingerprint density at radius 3 is 2.16 bits per heavy atom. The summed E-state index contributed by atoms with van der Waals surface area (Å²) in [5.41, 5.74) is 6.68. The Labute approximate surface area is 115 Å². The second-order valence-corrected chi connectivity index (χ2v) is 6.31. The lowest BCUT2D eigenvalue weighted by molar-refractivity contribution is 0.00578. The zero-order valence-electron chi connectivity index (χ0n) is 12.5. The molecular formula is C13H22BN3O2. The summed E-state index contributed by atoms with van der Waals surface area (Å²) < 4.78 is 12.1. The molecule has 0 saturated carbocycles.